The Balaban J connectivity index is 1.50. The predicted molar refractivity (Wildman–Crippen MR) is 132 cm³/mol. The fraction of sp³-hybridized carbons (Fsp3) is 0.0400. The number of fused-ring (bicyclic) bond motifs is 2. The zero-order chi connectivity index (χ0) is 22.8. The molecular weight excluding hydrogens is 454 g/mol. The van der Waals surface area contributed by atoms with Gasteiger partial charge in [-0.15, -0.1) is 0 Å². The largest absolute Gasteiger partial charge is 0.510 e. The topological polar surface area (TPSA) is 98.5 Å². The van der Waals surface area contributed by atoms with Crippen molar-refractivity contribution < 1.29 is 5.11 Å². The summed E-state index contributed by atoms with van der Waals surface area (Å²) in [7, 11) is 0. The molecule has 0 bridgehead atoms. The highest BCUT2D eigenvalue weighted by Crippen LogP contribution is 2.31. The monoisotopic (exact) mass is 469 g/mol. The molecule has 0 spiro atoms. The van der Waals surface area contributed by atoms with Gasteiger partial charge in [0, 0.05) is 16.0 Å². The van der Waals surface area contributed by atoms with E-state index in [1.165, 1.54) is 11.8 Å². The molecule has 160 valence electrons. The lowest BCUT2D eigenvalue weighted by molar-refractivity contribution is 0.420. The van der Waals surface area contributed by atoms with Crippen LogP contribution < -0.4 is 0 Å². The molecule has 0 aliphatic rings. The van der Waals surface area contributed by atoms with Gasteiger partial charge in [0.15, 0.2) is 11.0 Å². The van der Waals surface area contributed by atoms with Crippen LogP contribution in [0.25, 0.3) is 38.8 Å². The summed E-state index contributed by atoms with van der Waals surface area (Å²) < 4.78 is 0. The smallest absolute Gasteiger partial charge is 0.189 e. The summed E-state index contributed by atoms with van der Waals surface area (Å²) in [5.74, 6) is 0.353. The Morgan fingerprint density at radius 2 is 1.76 bits per heavy atom. The number of aliphatic hydroxyl groups is 1. The van der Waals surface area contributed by atoms with Crippen LogP contribution in [0.1, 0.15) is 5.82 Å². The first kappa shape index (κ1) is 21.0. The summed E-state index contributed by atoms with van der Waals surface area (Å²) in [6, 6.07) is 24.8. The lowest BCUT2D eigenvalue weighted by Gasteiger charge is -2.09. The average molecular weight is 470 g/mol. The SMILES string of the molecule is N#C/C(=C(/O)CSc1nc(-c2ccccc2)c2cc(Cl)ccc2n1)c1nc2ccccc2[nH]1. The molecule has 6 nitrogen and oxygen atoms in total. The number of allylic oxidation sites excluding steroid dienone is 1. The van der Waals surface area contributed by atoms with Crippen molar-refractivity contribution >= 4 is 50.9 Å². The summed E-state index contributed by atoms with van der Waals surface area (Å²) in [6.45, 7) is 0. The number of rotatable bonds is 5. The molecule has 0 saturated carbocycles. The molecule has 33 heavy (non-hydrogen) atoms. The van der Waals surface area contributed by atoms with Crippen molar-refractivity contribution in [3.8, 4) is 17.3 Å². The minimum absolute atomic E-state index is 0.0922. The summed E-state index contributed by atoms with van der Waals surface area (Å²) in [6.07, 6.45) is 0. The van der Waals surface area contributed by atoms with E-state index in [2.05, 4.69) is 21.0 Å². The third-order valence-corrected chi connectivity index (χ3v) is 6.14. The average Bonchev–Trinajstić information content (AvgIpc) is 3.27. The van der Waals surface area contributed by atoms with Gasteiger partial charge in [-0.05, 0) is 30.3 Å². The number of nitrogens with zero attached hydrogens (tertiary/aromatic N) is 4. The van der Waals surface area contributed by atoms with Gasteiger partial charge >= 0.3 is 0 Å². The lowest BCUT2D eigenvalue weighted by atomic mass is 10.1. The Morgan fingerprint density at radius 1 is 0.970 bits per heavy atom. The molecule has 0 fully saturated rings. The molecule has 0 aliphatic heterocycles. The molecule has 0 atom stereocenters. The van der Waals surface area contributed by atoms with Gasteiger partial charge in [-0.1, -0.05) is 65.8 Å². The zero-order valence-electron chi connectivity index (χ0n) is 17.2. The third kappa shape index (κ3) is 4.27. The second-order valence-electron chi connectivity index (χ2n) is 7.21. The Bertz CT molecular complexity index is 1520. The standard InChI is InChI=1S/C25H16ClN5OS/c26-16-10-11-19-17(12-16)23(15-6-2-1-3-7-15)31-25(30-19)33-14-22(32)18(13-27)24-28-20-8-4-5-9-21(20)29-24/h1-12,32H,14H2,(H,28,29)/b22-18-. The van der Waals surface area contributed by atoms with Crippen LogP contribution in [0.4, 0.5) is 0 Å². The second kappa shape index (κ2) is 8.94. The van der Waals surface area contributed by atoms with Crippen molar-refractivity contribution in [2.24, 2.45) is 0 Å². The molecule has 2 N–H and O–H groups in total. The first-order valence-electron chi connectivity index (χ1n) is 10.1. The number of nitrogens with one attached hydrogen (secondary N) is 1. The van der Waals surface area contributed by atoms with Gasteiger partial charge in [-0.2, -0.15) is 5.26 Å². The molecule has 0 radical (unpaired) electrons. The zero-order valence-corrected chi connectivity index (χ0v) is 18.7. The first-order valence-corrected chi connectivity index (χ1v) is 11.4. The van der Waals surface area contributed by atoms with E-state index in [1.54, 1.807) is 6.07 Å². The van der Waals surface area contributed by atoms with Crippen molar-refractivity contribution in [1.82, 2.24) is 19.9 Å². The van der Waals surface area contributed by atoms with E-state index in [4.69, 9.17) is 16.6 Å². The molecule has 0 amide bonds. The maximum Gasteiger partial charge on any atom is 0.189 e. The number of hydrogen-bond acceptors (Lipinski definition) is 6. The summed E-state index contributed by atoms with van der Waals surface area (Å²) in [4.78, 5) is 16.8. The number of benzene rings is 3. The highest BCUT2D eigenvalue weighted by Gasteiger charge is 2.16. The van der Waals surface area contributed by atoms with Crippen LogP contribution in [0.3, 0.4) is 0 Å². The Hall–Kier alpha value is -3.86. The molecule has 0 saturated heterocycles. The lowest BCUT2D eigenvalue weighted by Crippen LogP contribution is -1.98. The number of nitriles is 1. The van der Waals surface area contributed by atoms with Crippen LogP contribution in [0, 0.1) is 11.3 Å². The van der Waals surface area contributed by atoms with Crippen LogP contribution in [0.5, 0.6) is 0 Å². The number of imidazole rings is 1. The molecule has 0 aliphatic carbocycles. The van der Waals surface area contributed by atoms with E-state index < -0.39 is 0 Å². The Kier molecular flexibility index (Phi) is 5.69. The minimum atomic E-state index is -0.0948. The molecular formula is C25H16ClN5OS. The summed E-state index contributed by atoms with van der Waals surface area (Å²) in [5, 5.41) is 22.3. The number of aromatic nitrogens is 4. The number of aliphatic hydroxyl groups excluding tert-OH is 1. The van der Waals surface area contributed by atoms with Crippen molar-refractivity contribution in [2.75, 3.05) is 5.75 Å². The van der Waals surface area contributed by atoms with Crippen molar-refractivity contribution in [1.29, 1.82) is 5.26 Å². The van der Waals surface area contributed by atoms with Crippen LogP contribution in [0.15, 0.2) is 83.7 Å². The number of halogens is 1. The maximum absolute atomic E-state index is 10.7. The fourth-order valence-electron chi connectivity index (χ4n) is 3.49. The van der Waals surface area contributed by atoms with Crippen LogP contribution >= 0.6 is 23.4 Å². The van der Waals surface area contributed by atoms with Gasteiger partial charge in [0.1, 0.15) is 17.4 Å². The van der Waals surface area contributed by atoms with E-state index >= 15 is 0 Å². The van der Waals surface area contributed by atoms with Crippen molar-refractivity contribution in [3.05, 3.63) is 89.4 Å². The van der Waals surface area contributed by atoms with Crippen molar-refractivity contribution in [3.63, 3.8) is 0 Å². The van der Waals surface area contributed by atoms with Crippen LogP contribution in [-0.2, 0) is 0 Å². The molecule has 2 aromatic heterocycles. The number of hydrogen-bond donors (Lipinski definition) is 2. The fourth-order valence-corrected chi connectivity index (χ4v) is 4.39. The van der Waals surface area contributed by atoms with E-state index in [1.807, 2.05) is 66.7 Å². The molecule has 2 heterocycles. The quantitative estimate of drug-likeness (QED) is 0.133. The molecule has 5 rings (SSSR count). The van der Waals surface area contributed by atoms with Crippen molar-refractivity contribution in [2.45, 2.75) is 5.16 Å². The Labute approximate surface area is 198 Å². The van der Waals surface area contributed by atoms with Gasteiger partial charge in [-0.3, -0.25) is 0 Å². The third-order valence-electron chi connectivity index (χ3n) is 5.05. The number of H-pyrrole nitrogens is 1. The Morgan fingerprint density at radius 3 is 2.55 bits per heavy atom. The highest BCUT2D eigenvalue weighted by molar-refractivity contribution is 7.99. The first-order chi connectivity index (χ1) is 16.1. The summed E-state index contributed by atoms with van der Waals surface area (Å²) in [5.41, 5.74) is 4.06. The molecule has 8 heteroatoms. The maximum atomic E-state index is 10.7. The van der Waals surface area contributed by atoms with E-state index in [-0.39, 0.29) is 17.1 Å². The van der Waals surface area contributed by atoms with Gasteiger partial charge in [-0.25, -0.2) is 15.0 Å². The number of thioether (sulfide) groups is 1. The van der Waals surface area contributed by atoms with E-state index in [0.717, 1.165) is 33.2 Å². The van der Waals surface area contributed by atoms with E-state index in [9.17, 15) is 10.4 Å². The van der Waals surface area contributed by atoms with Gasteiger partial charge in [0.25, 0.3) is 0 Å². The van der Waals surface area contributed by atoms with Crippen LogP contribution in [-0.4, -0.2) is 30.8 Å². The molecule has 0 unspecified atom stereocenters. The number of aromatic amines is 1. The number of para-hydroxylation sites is 2. The predicted octanol–water partition coefficient (Wildman–Crippen LogP) is 6.41. The summed E-state index contributed by atoms with van der Waals surface area (Å²) >= 11 is 7.47. The molecule has 5 aromatic rings. The van der Waals surface area contributed by atoms with Gasteiger partial charge in [0.2, 0.25) is 0 Å². The normalized spacial score (nSPS) is 12.0. The molecule has 3 aromatic carbocycles. The van der Waals surface area contributed by atoms with Gasteiger partial charge < -0.3 is 10.1 Å². The highest BCUT2D eigenvalue weighted by atomic mass is 35.5. The van der Waals surface area contributed by atoms with Gasteiger partial charge in [0.05, 0.1) is 28.0 Å². The van der Waals surface area contributed by atoms with Crippen LogP contribution in [0.2, 0.25) is 5.02 Å². The van der Waals surface area contributed by atoms with E-state index in [0.29, 0.717) is 16.0 Å². The minimum Gasteiger partial charge on any atom is -0.510 e. The second-order valence-corrected chi connectivity index (χ2v) is 8.59.